The zero-order valence-electron chi connectivity index (χ0n) is 12.0. The molecule has 0 atom stereocenters. The summed E-state index contributed by atoms with van der Waals surface area (Å²) < 4.78 is 5.00. The van der Waals surface area contributed by atoms with Crippen LogP contribution in [-0.2, 0) is 11.3 Å². The van der Waals surface area contributed by atoms with Gasteiger partial charge in [-0.1, -0.05) is 29.8 Å². The summed E-state index contributed by atoms with van der Waals surface area (Å²) in [6, 6.07) is 9.55. The average Bonchev–Trinajstić information content (AvgIpc) is 2.51. The third-order valence-corrected chi connectivity index (χ3v) is 3.25. The highest BCUT2D eigenvalue weighted by molar-refractivity contribution is 6.31. The van der Waals surface area contributed by atoms with Crippen molar-refractivity contribution in [2.24, 2.45) is 0 Å². The molecule has 0 amide bonds. The highest BCUT2D eigenvalue weighted by atomic mass is 35.5. The second-order valence-electron chi connectivity index (χ2n) is 4.48. The molecule has 1 aromatic heterocycles. The van der Waals surface area contributed by atoms with Gasteiger partial charge in [-0.15, -0.1) is 0 Å². The summed E-state index contributed by atoms with van der Waals surface area (Å²) in [4.78, 5) is 8.60. The van der Waals surface area contributed by atoms with Crippen molar-refractivity contribution in [1.82, 2.24) is 9.97 Å². The van der Waals surface area contributed by atoms with Crippen LogP contribution in [0.4, 0.5) is 11.8 Å². The zero-order valence-corrected chi connectivity index (χ0v) is 12.7. The molecule has 0 aliphatic carbocycles. The SMILES string of the molecule is COCCCNc1ccnc(NCc2ccccc2Cl)n1. The van der Waals surface area contributed by atoms with E-state index in [0.717, 1.165) is 36.0 Å². The maximum Gasteiger partial charge on any atom is 0.224 e. The second-order valence-corrected chi connectivity index (χ2v) is 4.89. The van der Waals surface area contributed by atoms with E-state index in [1.807, 2.05) is 30.3 Å². The van der Waals surface area contributed by atoms with Gasteiger partial charge in [-0.25, -0.2) is 4.98 Å². The minimum Gasteiger partial charge on any atom is -0.385 e. The molecule has 112 valence electrons. The number of methoxy groups -OCH3 is 1. The summed E-state index contributed by atoms with van der Waals surface area (Å²) in [6.07, 6.45) is 2.66. The summed E-state index contributed by atoms with van der Waals surface area (Å²) in [5.41, 5.74) is 1.02. The van der Waals surface area contributed by atoms with Crippen LogP contribution >= 0.6 is 11.6 Å². The molecule has 1 heterocycles. The zero-order chi connectivity index (χ0) is 14.9. The number of hydrogen-bond acceptors (Lipinski definition) is 5. The quantitative estimate of drug-likeness (QED) is 0.734. The van der Waals surface area contributed by atoms with Gasteiger partial charge in [-0.3, -0.25) is 0 Å². The van der Waals surface area contributed by atoms with Crippen molar-refractivity contribution in [3.05, 3.63) is 47.1 Å². The van der Waals surface area contributed by atoms with Crippen LogP contribution in [0, 0.1) is 0 Å². The first-order valence-corrected chi connectivity index (χ1v) is 7.20. The van der Waals surface area contributed by atoms with E-state index in [1.165, 1.54) is 0 Å². The van der Waals surface area contributed by atoms with E-state index in [9.17, 15) is 0 Å². The lowest BCUT2D eigenvalue weighted by atomic mass is 10.2. The van der Waals surface area contributed by atoms with Gasteiger partial charge in [0.15, 0.2) is 0 Å². The third-order valence-electron chi connectivity index (χ3n) is 2.88. The van der Waals surface area contributed by atoms with Gasteiger partial charge in [0.1, 0.15) is 5.82 Å². The van der Waals surface area contributed by atoms with E-state index in [4.69, 9.17) is 16.3 Å². The normalized spacial score (nSPS) is 10.4. The summed E-state index contributed by atoms with van der Waals surface area (Å²) in [5, 5.41) is 7.14. The van der Waals surface area contributed by atoms with E-state index >= 15 is 0 Å². The number of aromatic nitrogens is 2. The molecule has 1 aromatic carbocycles. The molecule has 0 aliphatic rings. The van der Waals surface area contributed by atoms with Crippen LogP contribution in [-0.4, -0.2) is 30.2 Å². The molecule has 0 unspecified atom stereocenters. The van der Waals surface area contributed by atoms with Crippen LogP contribution in [0.15, 0.2) is 36.5 Å². The summed E-state index contributed by atoms with van der Waals surface area (Å²) in [6.45, 7) is 2.14. The van der Waals surface area contributed by atoms with Crippen LogP contribution in [0.5, 0.6) is 0 Å². The molecule has 0 bridgehead atoms. The molecular weight excluding hydrogens is 288 g/mol. The number of nitrogens with zero attached hydrogens (tertiary/aromatic N) is 2. The Balaban J connectivity index is 1.87. The Morgan fingerprint density at radius 1 is 1.19 bits per heavy atom. The van der Waals surface area contributed by atoms with Crippen LogP contribution in [0.25, 0.3) is 0 Å². The predicted molar refractivity (Wildman–Crippen MR) is 85.8 cm³/mol. The van der Waals surface area contributed by atoms with Crippen LogP contribution in [0.2, 0.25) is 5.02 Å². The first-order chi connectivity index (χ1) is 10.3. The number of anilines is 2. The van der Waals surface area contributed by atoms with Crippen molar-refractivity contribution >= 4 is 23.4 Å². The van der Waals surface area contributed by atoms with E-state index in [-0.39, 0.29) is 0 Å². The lowest BCUT2D eigenvalue weighted by Gasteiger charge is -2.09. The second kappa shape index (κ2) is 8.44. The Labute approximate surface area is 129 Å². The predicted octanol–water partition coefficient (Wildman–Crippen LogP) is 3.19. The van der Waals surface area contributed by atoms with Gasteiger partial charge in [-0.2, -0.15) is 4.98 Å². The number of benzene rings is 1. The molecular formula is C15H19ClN4O. The molecule has 0 saturated heterocycles. The maximum atomic E-state index is 6.11. The lowest BCUT2D eigenvalue weighted by molar-refractivity contribution is 0.198. The maximum absolute atomic E-state index is 6.11. The van der Waals surface area contributed by atoms with Gasteiger partial charge in [0.05, 0.1) is 0 Å². The van der Waals surface area contributed by atoms with Gasteiger partial charge < -0.3 is 15.4 Å². The molecule has 2 rings (SSSR count). The smallest absolute Gasteiger partial charge is 0.224 e. The van der Waals surface area contributed by atoms with Gasteiger partial charge in [0.25, 0.3) is 0 Å². The topological polar surface area (TPSA) is 59.1 Å². The molecule has 21 heavy (non-hydrogen) atoms. The molecule has 0 spiro atoms. The van der Waals surface area contributed by atoms with Crippen LogP contribution in [0.3, 0.4) is 0 Å². The average molecular weight is 307 g/mol. The molecule has 0 fully saturated rings. The molecule has 2 N–H and O–H groups in total. The van der Waals surface area contributed by atoms with Gasteiger partial charge in [0.2, 0.25) is 5.95 Å². The summed E-state index contributed by atoms with van der Waals surface area (Å²) >= 11 is 6.11. The Bertz CT molecular complexity index is 565. The Hall–Kier alpha value is -1.85. The first kappa shape index (κ1) is 15.5. The van der Waals surface area contributed by atoms with Gasteiger partial charge in [0, 0.05) is 38.0 Å². The van der Waals surface area contributed by atoms with E-state index in [0.29, 0.717) is 12.5 Å². The minimum atomic E-state index is 0.576. The lowest BCUT2D eigenvalue weighted by Crippen LogP contribution is -2.09. The van der Waals surface area contributed by atoms with E-state index in [2.05, 4.69) is 20.6 Å². The van der Waals surface area contributed by atoms with Gasteiger partial charge in [-0.05, 0) is 24.1 Å². The van der Waals surface area contributed by atoms with Crippen molar-refractivity contribution in [1.29, 1.82) is 0 Å². The summed E-state index contributed by atoms with van der Waals surface area (Å²) in [5.74, 6) is 1.37. The number of ether oxygens (including phenoxy) is 1. The number of hydrogen-bond donors (Lipinski definition) is 2. The Morgan fingerprint density at radius 3 is 2.86 bits per heavy atom. The van der Waals surface area contributed by atoms with Crippen molar-refractivity contribution in [3.63, 3.8) is 0 Å². The number of rotatable bonds is 8. The fourth-order valence-corrected chi connectivity index (χ4v) is 1.99. The fourth-order valence-electron chi connectivity index (χ4n) is 1.79. The largest absolute Gasteiger partial charge is 0.385 e. The molecule has 2 aromatic rings. The van der Waals surface area contributed by atoms with E-state index in [1.54, 1.807) is 13.3 Å². The number of nitrogens with one attached hydrogen (secondary N) is 2. The Morgan fingerprint density at radius 2 is 2.05 bits per heavy atom. The standard InChI is InChI=1S/C15H19ClN4O/c1-21-10-4-8-17-14-7-9-18-15(20-14)19-11-12-5-2-3-6-13(12)16/h2-3,5-7,9H,4,8,10-11H2,1H3,(H2,17,18,19,20). The minimum absolute atomic E-state index is 0.576. The highest BCUT2D eigenvalue weighted by Crippen LogP contribution is 2.16. The molecule has 5 nitrogen and oxygen atoms in total. The molecule has 0 saturated carbocycles. The first-order valence-electron chi connectivity index (χ1n) is 6.82. The monoisotopic (exact) mass is 306 g/mol. The van der Waals surface area contributed by atoms with Crippen LogP contribution < -0.4 is 10.6 Å². The highest BCUT2D eigenvalue weighted by Gasteiger charge is 2.01. The fraction of sp³-hybridized carbons (Fsp3) is 0.333. The summed E-state index contributed by atoms with van der Waals surface area (Å²) in [7, 11) is 1.70. The Kier molecular flexibility index (Phi) is 6.24. The molecule has 0 radical (unpaired) electrons. The van der Waals surface area contributed by atoms with Crippen molar-refractivity contribution in [2.45, 2.75) is 13.0 Å². The van der Waals surface area contributed by atoms with Crippen molar-refractivity contribution in [2.75, 3.05) is 30.9 Å². The molecule has 0 aliphatic heterocycles. The molecule has 6 heteroatoms. The van der Waals surface area contributed by atoms with Crippen molar-refractivity contribution < 1.29 is 4.74 Å². The number of halogens is 1. The van der Waals surface area contributed by atoms with Crippen LogP contribution in [0.1, 0.15) is 12.0 Å². The third kappa shape index (κ3) is 5.21. The van der Waals surface area contributed by atoms with Crippen molar-refractivity contribution in [3.8, 4) is 0 Å². The van der Waals surface area contributed by atoms with Gasteiger partial charge >= 0.3 is 0 Å². The van der Waals surface area contributed by atoms with E-state index < -0.39 is 0 Å².